The summed E-state index contributed by atoms with van der Waals surface area (Å²) in [6, 6.07) is 19.1. The Hall–Kier alpha value is -3.38. The number of nitrogens with zero attached hydrogens (tertiary/aromatic N) is 3. The van der Waals surface area contributed by atoms with E-state index in [1.54, 1.807) is 24.1 Å². The van der Waals surface area contributed by atoms with Crippen LogP contribution in [0.4, 0.5) is 0 Å². The van der Waals surface area contributed by atoms with Gasteiger partial charge in [-0.25, -0.2) is 0 Å². The van der Waals surface area contributed by atoms with E-state index in [0.717, 1.165) is 29.2 Å². The number of amides is 1. The molecule has 1 amide bonds. The largest absolute Gasteiger partial charge is 0.496 e. The molecule has 0 unspecified atom stereocenters. The molecule has 0 atom stereocenters. The third kappa shape index (κ3) is 3.99. The molecule has 0 radical (unpaired) electrons. The van der Waals surface area contributed by atoms with Crippen molar-refractivity contribution in [3.63, 3.8) is 0 Å². The van der Waals surface area contributed by atoms with Crippen LogP contribution in [0.2, 0.25) is 5.02 Å². The van der Waals surface area contributed by atoms with Gasteiger partial charge in [-0.2, -0.15) is 0 Å². The third-order valence-electron chi connectivity index (χ3n) is 5.41. The lowest BCUT2D eigenvalue weighted by molar-refractivity contribution is 0.0711. The molecular weight excluding hydrogens is 414 g/mol. The minimum Gasteiger partial charge on any atom is -0.496 e. The fraction of sp³-hybridized carbons (Fsp3) is 0.208. The Bertz CT molecular complexity index is 1250. The highest BCUT2D eigenvalue weighted by Gasteiger charge is 2.35. The number of halogens is 1. The number of carbonyl (C=O) groups excluding carboxylic acids is 1. The number of methoxy groups -OCH3 is 1. The number of hydrogen-bond acceptors (Lipinski definition) is 5. The minimum absolute atomic E-state index is 0.101. The topological polar surface area (TPSA) is 68.5 Å². The molecule has 0 aliphatic heterocycles. The first-order valence-corrected chi connectivity index (χ1v) is 10.5. The van der Waals surface area contributed by atoms with E-state index in [2.05, 4.69) is 10.2 Å². The van der Waals surface area contributed by atoms with Gasteiger partial charge in [0, 0.05) is 16.6 Å². The van der Waals surface area contributed by atoms with Crippen molar-refractivity contribution in [1.82, 2.24) is 15.1 Å². The number of hydrogen-bond donors (Lipinski definition) is 0. The van der Waals surface area contributed by atoms with E-state index >= 15 is 0 Å². The Morgan fingerprint density at radius 3 is 2.48 bits per heavy atom. The minimum atomic E-state index is -0.101. The van der Waals surface area contributed by atoms with Crippen LogP contribution in [0.5, 0.6) is 5.75 Å². The molecule has 0 saturated heterocycles. The van der Waals surface area contributed by atoms with E-state index in [9.17, 15) is 4.79 Å². The SMILES string of the molecule is COc1cc2ccccc2cc1C(=O)N(Cc1nnc(-c2ccc(Cl)cc2)o1)C1CC1. The standard InChI is InChI=1S/C24H20ClN3O3/c1-30-21-13-17-5-3-2-4-16(17)12-20(21)24(29)28(19-10-11-19)14-22-26-27-23(31-22)15-6-8-18(25)9-7-15/h2-9,12-13,19H,10-11,14H2,1H3. The predicted octanol–water partition coefficient (Wildman–Crippen LogP) is 5.36. The first kappa shape index (κ1) is 19.6. The number of aromatic nitrogens is 2. The zero-order chi connectivity index (χ0) is 21.4. The molecule has 5 rings (SSSR count). The van der Waals surface area contributed by atoms with Crippen molar-refractivity contribution in [2.75, 3.05) is 7.11 Å². The fourth-order valence-electron chi connectivity index (χ4n) is 3.64. The molecule has 3 aromatic carbocycles. The highest BCUT2D eigenvalue weighted by atomic mass is 35.5. The van der Waals surface area contributed by atoms with Gasteiger partial charge < -0.3 is 14.1 Å². The zero-order valence-electron chi connectivity index (χ0n) is 16.9. The van der Waals surface area contributed by atoms with Crippen molar-refractivity contribution in [3.05, 3.63) is 77.1 Å². The normalized spacial score (nSPS) is 13.4. The molecule has 0 spiro atoms. The van der Waals surface area contributed by atoms with Crippen LogP contribution in [0.3, 0.4) is 0 Å². The van der Waals surface area contributed by atoms with E-state index < -0.39 is 0 Å². The second-order valence-corrected chi connectivity index (χ2v) is 8.01. The second-order valence-electron chi connectivity index (χ2n) is 7.57. The summed E-state index contributed by atoms with van der Waals surface area (Å²) in [5.74, 6) is 1.25. The molecule has 0 N–H and O–H groups in total. The van der Waals surface area contributed by atoms with Crippen LogP contribution in [0.1, 0.15) is 29.1 Å². The summed E-state index contributed by atoms with van der Waals surface area (Å²) < 4.78 is 11.4. The van der Waals surface area contributed by atoms with Gasteiger partial charge in [-0.15, -0.1) is 10.2 Å². The zero-order valence-corrected chi connectivity index (χ0v) is 17.7. The monoisotopic (exact) mass is 433 g/mol. The Kier molecular flexibility index (Phi) is 5.08. The van der Waals surface area contributed by atoms with Crippen molar-refractivity contribution < 1.29 is 13.9 Å². The summed E-state index contributed by atoms with van der Waals surface area (Å²) in [6.45, 7) is 0.250. The lowest BCUT2D eigenvalue weighted by atomic mass is 10.0. The van der Waals surface area contributed by atoms with Crippen LogP contribution in [0.25, 0.3) is 22.2 Å². The summed E-state index contributed by atoms with van der Waals surface area (Å²) in [4.78, 5) is 15.3. The van der Waals surface area contributed by atoms with Gasteiger partial charge in [-0.3, -0.25) is 4.79 Å². The van der Waals surface area contributed by atoms with Crippen molar-refractivity contribution in [2.45, 2.75) is 25.4 Å². The lowest BCUT2D eigenvalue weighted by Crippen LogP contribution is -2.33. The molecule has 1 heterocycles. The van der Waals surface area contributed by atoms with Gasteiger partial charge in [0.05, 0.1) is 19.2 Å². The van der Waals surface area contributed by atoms with Crippen LogP contribution >= 0.6 is 11.6 Å². The van der Waals surface area contributed by atoms with Crippen molar-refractivity contribution in [3.8, 4) is 17.2 Å². The van der Waals surface area contributed by atoms with Crippen molar-refractivity contribution >= 4 is 28.3 Å². The average Bonchev–Trinajstić information content (AvgIpc) is 3.54. The number of fused-ring (bicyclic) bond motifs is 1. The van der Waals surface area contributed by atoms with E-state index in [1.807, 2.05) is 48.5 Å². The Morgan fingerprint density at radius 2 is 1.81 bits per heavy atom. The van der Waals surface area contributed by atoms with Gasteiger partial charge in [-0.05, 0) is 60.0 Å². The maximum atomic E-state index is 13.5. The van der Waals surface area contributed by atoms with Gasteiger partial charge in [0.25, 0.3) is 5.91 Å². The van der Waals surface area contributed by atoms with E-state index in [1.165, 1.54) is 0 Å². The second kappa shape index (κ2) is 8.04. The molecule has 0 bridgehead atoms. The summed E-state index contributed by atoms with van der Waals surface area (Å²) in [5.41, 5.74) is 1.31. The molecule has 6 nitrogen and oxygen atoms in total. The quantitative estimate of drug-likeness (QED) is 0.409. The van der Waals surface area contributed by atoms with Gasteiger partial charge in [0.2, 0.25) is 11.8 Å². The molecule has 1 aromatic heterocycles. The lowest BCUT2D eigenvalue weighted by Gasteiger charge is -2.22. The van der Waals surface area contributed by atoms with E-state index in [-0.39, 0.29) is 18.5 Å². The molecule has 31 heavy (non-hydrogen) atoms. The summed E-state index contributed by atoms with van der Waals surface area (Å²) in [6.07, 6.45) is 1.92. The molecule has 1 aliphatic rings. The summed E-state index contributed by atoms with van der Waals surface area (Å²) >= 11 is 5.95. The average molecular weight is 434 g/mol. The number of carbonyl (C=O) groups is 1. The molecule has 1 fully saturated rings. The number of benzene rings is 3. The van der Waals surface area contributed by atoms with Crippen molar-refractivity contribution in [1.29, 1.82) is 0 Å². The third-order valence-corrected chi connectivity index (χ3v) is 5.66. The predicted molar refractivity (Wildman–Crippen MR) is 118 cm³/mol. The Morgan fingerprint density at radius 1 is 1.10 bits per heavy atom. The van der Waals surface area contributed by atoms with Gasteiger partial charge in [0.15, 0.2) is 0 Å². The molecule has 1 saturated carbocycles. The molecular formula is C24H20ClN3O3. The summed E-state index contributed by atoms with van der Waals surface area (Å²) in [7, 11) is 1.58. The van der Waals surface area contributed by atoms with E-state index in [0.29, 0.717) is 28.1 Å². The smallest absolute Gasteiger partial charge is 0.258 e. The maximum absolute atomic E-state index is 13.5. The molecule has 156 valence electrons. The first-order chi connectivity index (χ1) is 15.1. The van der Waals surface area contributed by atoms with Crippen LogP contribution < -0.4 is 4.74 Å². The van der Waals surface area contributed by atoms with Crippen molar-refractivity contribution in [2.24, 2.45) is 0 Å². The first-order valence-electron chi connectivity index (χ1n) is 10.1. The van der Waals surface area contributed by atoms with Crippen LogP contribution in [-0.2, 0) is 6.54 Å². The molecule has 7 heteroatoms. The maximum Gasteiger partial charge on any atom is 0.258 e. The Labute approximate surface area is 184 Å². The van der Waals surface area contributed by atoms with E-state index in [4.69, 9.17) is 20.8 Å². The fourth-order valence-corrected chi connectivity index (χ4v) is 3.76. The van der Waals surface area contributed by atoms with Crippen LogP contribution in [0.15, 0.2) is 65.1 Å². The summed E-state index contributed by atoms with van der Waals surface area (Å²) in [5, 5.41) is 10.9. The highest BCUT2D eigenvalue weighted by molar-refractivity contribution is 6.30. The molecule has 1 aliphatic carbocycles. The van der Waals surface area contributed by atoms with Crippen LogP contribution in [-0.4, -0.2) is 34.2 Å². The van der Waals surface area contributed by atoms with Gasteiger partial charge >= 0.3 is 0 Å². The van der Waals surface area contributed by atoms with Gasteiger partial charge in [0.1, 0.15) is 5.75 Å². The van der Waals surface area contributed by atoms with Gasteiger partial charge in [-0.1, -0.05) is 35.9 Å². The number of rotatable bonds is 6. The Balaban J connectivity index is 1.44. The number of ether oxygens (including phenoxy) is 1. The molecule has 4 aromatic rings. The van der Waals surface area contributed by atoms with Crippen LogP contribution in [0, 0.1) is 0 Å². The highest BCUT2D eigenvalue weighted by Crippen LogP contribution is 2.33.